The van der Waals surface area contributed by atoms with Gasteiger partial charge in [-0.3, -0.25) is 9.59 Å². The Morgan fingerprint density at radius 1 is 1.12 bits per heavy atom. The van der Waals surface area contributed by atoms with Gasteiger partial charge >= 0.3 is 5.97 Å². The normalized spacial score (nSPS) is 47.4. The number of fused-ring (bicyclic) bond motifs is 5. The monoisotopic (exact) mass is 235 g/mol. The molecule has 0 aromatic rings. The van der Waals surface area contributed by atoms with Crippen LogP contribution in [0.5, 0.6) is 0 Å². The van der Waals surface area contributed by atoms with Gasteiger partial charge in [0.1, 0.15) is 5.41 Å². The highest BCUT2D eigenvalue weighted by atomic mass is 16.4. The number of hydrogen-bond acceptors (Lipinski definition) is 2. The number of aliphatic carboxylic acids is 1. The summed E-state index contributed by atoms with van der Waals surface area (Å²) in [6, 6.07) is 0.311. The number of carbonyl (C=O) groups is 2. The third kappa shape index (κ3) is 1.14. The minimum Gasteiger partial charge on any atom is -0.480 e. The number of nitrogens with one attached hydrogen (secondary N) is 1. The summed E-state index contributed by atoms with van der Waals surface area (Å²) < 4.78 is 0. The molecule has 0 saturated heterocycles. The van der Waals surface area contributed by atoms with Crippen molar-refractivity contribution in [3.63, 3.8) is 0 Å². The van der Waals surface area contributed by atoms with Crippen LogP contribution in [0.1, 0.15) is 32.1 Å². The van der Waals surface area contributed by atoms with Crippen molar-refractivity contribution in [2.75, 3.05) is 0 Å². The van der Waals surface area contributed by atoms with E-state index in [-0.39, 0.29) is 5.91 Å². The fraction of sp³-hybridized carbons (Fsp3) is 0.846. The quantitative estimate of drug-likeness (QED) is 0.717. The molecule has 2 N–H and O–H groups in total. The van der Waals surface area contributed by atoms with Gasteiger partial charge in [-0.05, 0) is 55.8 Å². The van der Waals surface area contributed by atoms with E-state index in [2.05, 4.69) is 5.32 Å². The zero-order valence-electron chi connectivity index (χ0n) is 9.69. The second-order valence-corrected chi connectivity index (χ2v) is 6.37. The fourth-order valence-electron chi connectivity index (χ4n) is 4.47. The van der Waals surface area contributed by atoms with E-state index in [0.29, 0.717) is 30.7 Å². The summed E-state index contributed by atoms with van der Waals surface area (Å²) >= 11 is 0. The molecule has 1 amide bonds. The predicted octanol–water partition coefficient (Wildman–Crippen LogP) is 1.01. The Bertz CT molecular complexity index is 399. The summed E-state index contributed by atoms with van der Waals surface area (Å²) in [6.45, 7) is 0. The molecule has 0 aliphatic heterocycles. The van der Waals surface area contributed by atoms with Crippen LogP contribution in [0.2, 0.25) is 0 Å². The molecule has 0 aromatic carbocycles. The average Bonchev–Trinajstić information content (AvgIpc) is 3.16. The summed E-state index contributed by atoms with van der Waals surface area (Å²) in [5.41, 5.74) is -1.06. The Labute approximate surface area is 99.8 Å². The third-order valence-electron chi connectivity index (χ3n) is 5.63. The zero-order chi connectivity index (χ0) is 11.8. The van der Waals surface area contributed by atoms with Gasteiger partial charge in [-0.25, -0.2) is 0 Å². The Balaban J connectivity index is 1.44. The van der Waals surface area contributed by atoms with E-state index < -0.39 is 11.4 Å². The molecule has 4 saturated carbocycles. The van der Waals surface area contributed by atoms with Crippen molar-refractivity contribution in [3.05, 3.63) is 0 Å². The van der Waals surface area contributed by atoms with E-state index in [1.165, 1.54) is 19.3 Å². The summed E-state index contributed by atoms with van der Waals surface area (Å²) in [5.74, 6) is 1.84. The molecule has 4 aliphatic carbocycles. The molecule has 4 rings (SSSR count). The maximum Gasteiger partial charge on any atom is 0.319 e. The van der Waals surface area contributed by atoms with Crippen molar-refractivity contribution in [2.45, 2.75) is 38.1 Å². The van der Waals surface area contributed by atoms with Gasteiger partial charge < -0.3 is 10.4 Å². The van der Waals surface area contributed by atoms with Crippen LogP contribution in [-0.4, -0.2) is 23.0 Å². The predicted molar refractivity (Wildman–Crippen MR) is 59.0 cm³/mol. The SMILES string of the molecule is O=C(O)C1(C(=O)NC2C3C4CCC(C4)C23)CC1. The first-order valence-electron chi connectivity index (χ1n) is 6.68. The number of amides is 1. The molecular weight excluding hydrogens is 218 g/mol. The van der Waals surface area contributed by atoms with Gasteiger partial charge in [-0.15, -0.1) is 0 Å². The smallest absolute Gasteiger partial charge is 0.319 e. The van der Waals surface area contributed by atoms with Gasteiger partial charge in [0.2, 0.25) is 5.91 Å². The minimum absolute atomic E-state index is 0.219. The van der Waals surface area contributed by atoms with Crippen molar-refractivity contribution in [2.24, 2.45) is 29.1 Å². The van der Waals surface area contributed by atoms with Crippen LogP contribution in [0.3, 0.4) is 0 Å². The highest BCUT2D eigenvalue weighted by molar-refractivity contribution is 6.05. The largest absolute Gasteiger partial charge is 0.480 e. The molecule has 4 nitrogen and oxygen atoms in total. The first kappa shape index (κ1) is 9.92. The number of carboxylic acid groups (broad SMARTS) is 1. The zero-order valence-corrected chi connectivity index (χ0v) is 9.69. The highest BCUT2D eigenvalue weighted by Gasteiger charge is 2.67. The van der Waals surface area contributed by atoms with Crippen LogP contribution in [0.25, 0.3) is 0 Å². The minimum atomic E-state index is -1.06. The lowest BCUT2D eigenvalue weighted by atomic mass is 10.0. The topological polar surface area (TPSA) is 66.4 Å². The van der Waals surface area contributed by atoms with Crippen LogP contribution < -0.4 is 5.32 Å². The molecule has 0 spiro atoms. The van der Waals surface area contributed by atoms with E-state index in [0.717, 1.165) is 11.8 Å². The molecule has 0 radical (unpaired) electrons. The molecule has 4 heteroatoms. The molecular formula is C13H17NO3. The fourth-order valence-corrected chi connectivity index (χ4v) is 4.47. The van der Waals surface area contributed by atoms with Crippen LogP contribution in [0, 0.1) is 29.1 Å². The first-order valence-corrected chi connectivity index (χ1v) is 6.68. The van der Waals surface area contributed by atoms with Crippen LogP contribution >= 0.6 is 0 Å². The van der Waals surface area contributed by atoms with Crippen molar-refractivity contribution in [1.29, 1.82) is 0 Å². The van der Waals surface area contributed by atoms with Crippen LogP contribution in [0.4, 0.5) is 0 Å². The van der Waals surface area contributed by atoms with E-state index in [9.17, 15) is 9.59 Å². The molecule has 92 valence electrons. The molecule has 17 heavy (non-hydrogen) atoms. The van der Waals surface area contributed by atoms with Gasteiger partial charge in [0.05, 0.1) is 0 Å². The van der Waals surface area contributed by atoms with E-state index in [4.69, 9.17) is 5.11 Å². The number of rotatable bonds is 3. The van der Waals surface area contributed by atoms with Gasteiger partial charge in [0.15, 0.2) is 0 Å². The lowest BCUT2D eigenvalue weighted by molar-refractivity contribution is -0.149. The molecule has 4 unspecified atom stereocenters. The van der Waals surface area contributed by atoms with Gasteiger partial charge in [-0.1, -0.05) is 0 Å². The lowest BCUT2D eigenvalue weighted by Crippen LogP contribution is -2.40. The van der Waals surface area contributed by atoms with Gasteiger partial charge in [-0.2, -0.15) is 0 Å². The van der Waals surface area contributed by atoms with Crippen molar-refractivity contribution in [3.8, 4) is 0 Å². The number of carbonyl (C=O) groups excluding carboxylic acids is 1. The maximum atomic E-state index is 12.0. The van der Waals surface area contributed by atoms with Crippen molar-refractivity contribution >= 4 is 11.9 Å². The highest BCUT2D eigenvalue weighted by Crippen LogP contribution is 2.65. The van der Waals surface area contributed by atoms with E-state index in [1.54, 1.807) is 0 Å². The van der Waals surface area contributed by atoms with E-state index in [1.807, 2.05) is 0 Å². The molecule has 4 aliphatic rings. The molecule has 0 aromatic heterocycles. The molecule has 4 fully saturated rings. The second-order valence-electron chi connectivity index (χ2n) is 6.37. The standard InChI is InChI=1S/C13H17NO3/c15-11(13(3-4-13)12(16)17)14-10-8-6-1-2-7(5-6)9(8)10/h6-10H,1-5H2,(H,14,15)(H,16,17). The van der Waals surface area contributed by atoms with Gasteiger partial charge in [0, 0.05) is 6.04 Å². The number of carboxylic acids is 1. The average molecular weight is 235 g/mol. The van der Waals surface area contributed by atoms with Crippen molar-refractivity contribution < 1.29 is 14.7 Å². The third-order valence-corrected chi connectivity index (χ3v) is 5.63. The first-order chi connectivity index (χ1) is 8.13. The maximum absolute atomic E-state index is 12.0. The summed E-state index contributed by atoms with van der Waals surface area (Å²) in [5, 5.41) is 12.1. The molecule has 4 atom stereocenters. The van der Waals surface area contributed by atoms with Crippen molar-refractivity contribution in [1.82, 2.24) is 5.32 Å². The second kappa shape index (κ2) is 2.85. The number of hydrogen-bond donors (Lipinski definition) is 2. The Morgan fingerprint density at radius 2 is 1.71 bits per heavy atom. The van der Waals surface area contributed by atoms with Crippen LogP contribution in [0.15, 0.2) is 0 Å². The molecule has 2 bridgehead atoms. The lowest BCUT2D eigenvalue weighted by Gasteiger charge is -2.14. The summed E-state index contributed by atoms with van der Waals surface area (Å²) in [7, 11) is 0. The molecule has 0 heterocycles. The Morgan fingerprint density at radius 3 is 2.18 bits per heavy atom. The summed E-state index contributed by atoms with van der Waals surface area (Å²) in [6.07, 6.45) is 5.03. The van der Waals surface area contributed by atoms with Gasteiger partial charge in [0.25, 0.3) is 0 Å². The summed E-state index contributed by atoms with van der Waals surface area (Å²) in [4.78, 5) is 23.0. The van der Waals surface area contributed by atoms with Crippen LogP contribution in [-0.2, 0) is 9.59 Å². The Hall–Kier alpha value is -1.06. The van der Waals surface area contributed by atoms with E-state index >= 15 is 0 Å². The Kier molecular flexibility index (Phi) is 1.66.